The Morgan fingerprint density at radius 3 is 2.84 bits per heavy atom. The predicted octanol–water partition coefficient (Wildman–Crippen LogP) is 2.17. The number of pyridine rings is 1. The van der Waals surface area contributed by atoms with Gasteiger partial charge in [0.15, 0.2) is 0 Å². The summed E-state index contributed by atoms with van der Waals surface area (Å²) >= 11 is 0. The molecular formula is C19H27N5O. The first-order valence-electron chi connectivity index (χ1n) is 9.02. The van der Waals surface area contributed by atoms with Crippen molar-refractivity contribution in [3.8, 4) is 0 Å². The topological polar surface area (TPSA) is 73.9 Å². The molecule has 0 radical (unpaired) electrons. The molecule has 2 aromatic heterocycles. The number of amides is 1. The fourth-order valence-electron chi connectivity index (χ4n) is 3.49. The number of nitrogens with zero attached hydrogens (tertiary/aromatic N) is 3. The van der Waals surface area contributed by atoms with Crippen LogP contribution in [-0.2, 0) is 17.8 Å². The van der Waals surface area contributed by atoms with Gasteiger partial charge in [0.25, 0.3) is 0 Å². The summed E-state index contributed by atoms with van der Waals surface area (Å²) in [5.74, 6) is 1.62. The van der Waals surface area contributed by atoms with Crippen molar-refractivity contribution >= 4 is 5.91 Å². The molecule has 2 aromatic rings. The van der Waals surface area contributed by atoms with E-state index in [0.29, 0.717) is 12.3 Å². The summed E-state index contributed by atoms with van der Waals surface area (Å²) in [5.41, 5.74) is 3.44. The number of H-pyrrole nitrogens is 1. The zero-order valence-electron chi connectivity index (χ0n) is 15.1. The third-order valence-electron chi connectivity index (χ3n) is 4.89. The minimum Gasteiger partial charge on any atom is -0.359 e. The van der Waals surface area contributed by atoms with E-state index in [0.717, 1.165) is 50.4 Å². The monoisotopic (exact) mass is 341 g/mol. The van der Waals surface area contributed by atoms with Gasteiger partial charge in [-0.25, -0.2) is 4.98 Å². The number of likely N-dealkylation sites (tertiary alicyclic amines) is 1. The first-order valence-corrected chi connectivity index (χ1v) is 9.02. The Labute approximate surface area is 149 Å². The van der Waals surface area contributed by atoms with Crippen molar-refractivity contribution in [3.63, 3.8) is 0 Å². The second-order valence-corrected chi connectivity index (χ2v) is 6.80. The maximum absolute atomic E-state index is 11.5. The molecule has 2 N–H and O–H groups in total. The number of hydrogen-bond donors (Lipinski definition) is 2. The second kappa shape index (κ2) is 8.25. The summed E-state index contributed by atoms with van der Waals surface area (Å²) in [5, 5.41) is 2.68. The number of imidazole rings is 1. The number of carbonyl (C=O) groups is 1. The third-order valence-corrected chi connectivity index (χ3v) is 4.89. The van der Waals surface area contributed by atoms with Gasteiger partial charge in [-0.3, -0.25) is 14.7 Å². The van der Waals surface area contributed by atoms with Crippen LogP contribution in [0.15, 0.2) is 24.5 Å². The standard InChI is InChI=1S/C19H27N5O/c1-14-11-15(3-4-19(25)20-2)12-17(23-14)16-5-9-24(10-6-16)13-18-21-7-8-22-18/h7-8,11-12,16H,3-6,9-10,13H2,1-2H3,(H,20,25)(H,21,22). The number of aromatic amines is 1. The number of piperidine rings is 1. The molecule has 6 nitrogen and oxygen atoms in total. The highest BCUT2D eigenvalue weighted by atomic mass is 16.1. The molecule has 1 fully saturated rings. The van der Waals surface area contributed by atoms with Gasteiger partial charge in [-0.05, 0) is 57.0 Å². The van der Waals surface area contributed by atoms with Gasteiger partial charge >= 0.3 is 0 Å². The molecule has 134 valence electrons. The number of aromatic nitrogens is 3. The van der Waals surface area contributed by atoms with Crippen LogP contribution in [0, 0.1) is 6.92 Å². The average Bonchev–Trinajstić information content (AvgIpc) is 3.13. The Balaban J connectivity index is 1.58. The first kappa shape index (κ1) is 17.6. The van der Waals surface area contributed by atoms with Crippen molar-refractivity contribution in [1.29, 1.82) is 0 Å². The van der Waals surface area contributed by atoms with Gasteiger partial charge in [0.2, 0.25) is 5.91 Å². The van der Waals surface area contributed by atoms with E-state index in [9.17, 15) is 4.79 Å². The van der Waals surface area contributed by atoms with Crippen LogP contribution in [0.5, 0.6) is 0 Å². The quantitative estimate of drug-likeness (QED) is 0.844. The van der Waals surface area contributed by atoms with Gasteiger partial charge in [-0.15, -0.1) is 0 Å². The summed E-state index contributed by atoms with van der Waals surface area (Å²) in [7, 11) is 1.68. The van der Waals surface area contributed by atoms with E-state index in [4.69, 9.17) is 4.98 Å². The molecule has 1 amide bonds. The highest BCUT2D eigenvalue weighted by molar-refractivity contribution is 5.75. The molecule has 0 atom stereocenters. The van der Waals surface area contributed by atoms with Gasteiger partial charge in [-0.1, -0.05) is 0 Å². The molecule has 3 rings (SSSR count). The number of hydrogen-bond acceptors (Lipinski definition) is 4. The Morgan fingerprint density at radius 2 is 2.16 bits per heavy atom. The minimum absolute atomic E-state index is 0.0854. The highest BCUT2D eigenvalue weighted by Crippen LogP contribution is 2.28. The van der Waals surface area contributed by atoms with Crippen molar-refractivity contribution in [2.75, 3.05) is 20.1 Å². The lowest BCUT2D eigenvalue weighted by Gasteiger charge is -2.31. The van der Waals surface area contributed by atoms with Crippen LogP contribution in [0.4, 0.5) is 0 Å². The lowest BCUT2D eigenvalue weighted by Crippen LogP contribution is -2.33. The van der Waals surface area contributed by atoms with Crippen molar-refractivity contribution in [3.05, 3.63) is 47.3 Å². The van der Waals surface area contributed by atoms with Crippen LogP contribution < -0.4 is 5.32 Å². The van der Waals surface area contributed by atoms with E-state index >= 15 is 0 Å². The maximum Gasteiger partial charge on any atom is 0.220 e. The minimum atomic E-state index is 0.0854. The fraction of sp³-hybridized carbons (Fsp3) is 0.526. The summed E-state index contributed by atoms with van der Waals surface area (Å²) in [4.78, 5) is 26.2. The number of nitrogens with one attached hydrogen (secondary N) is 2. The lowest BCUT2D eigenvalue weighted by molar-refractivity contribution is -0.120. The SMILES string of the molecule is CNC(=O)CCc1cc(C)nc(C2CCN(Cc3ncc[nH]3)CC2)c1. The van der Waals surface area contributed by atoms with E-state index in [1.807, 2.05) is 13.1 Å². The van der Waals surface area contributed by atoms with Crippen LogP contribution in [0.2, 0.25) is 0 Å². The van der Waals surface area contributed by atoms with Gasteiger partial charge in [0, 0.05) is 43.2 Å². The molecule has 6 heteroatoms. The van der Waals surface area contributed by atoms with Crippen LogP contribution in [0.3, 0.4) is 0 Å². The van der Waals surface area contributed by atoms with E-state index in [-0.39, 0.29) is 5.91 Å². The Morgan fingerprint density at radius 1 is 1.36 bits per heavy atom. The zero-order valence-corrected chi connectivity index (χ0v) is 15.1. The van der Waals surface area contributed by atoms with Crippen molar-refractivity contribution in [2.45, 2.75) is 45.1 Å². The number of carbonyl (C=O) groups excluding carboxylic acids is 1. The third kappa shape index (κ3) is 4.89. The molecule has 0 unspecified atom stereocenters. The van der Waals surface area contributed by atoms with Gasteiger partial charge in [0.05, 0.1) is 6.54 Å². The van der Waals surface area contributed by atoms with Crippen molar-refractivity contribution in [2.24, 2.45) is 0 Å². The lowest BCUT2D eigenvalue weighted by atomic mass is 9.91. The van der Waals surface area contributed by atoms with E-state index in [1.54, 1.807) is 13.2 Å². The predicted molar refractivity (Wildman–Crippen MR) is 97.2 cm³/mol. The molecule has 0 spiro atoms. The summed E-state index contributed by atoms with van der Waals surface area (Å²) in [6, 6.07) is 4.29. The Hall–Kier alpha value is -2.21. The maximum atomic E-state index is 11.5. The first-order chi connectivity index (χ1) is 12.1. The van der Waals surface area contributed by atoms with Crippen LogP contribution in [0.1, 0.15) is 48.0 Å². The number of aryl methyl sites for hydroxylation is 2. The van der Waals surface area contributed by atoms with Gasteiger partial charge in [-0.2, -0.15) is 0 Å². The smallest absolute Gasteiger partial charge is 0.220 e. The molecule has 1 aliphatic rings. The normalized spacial score (nSPS) is 16.1. The highest BCUT2D eigenvalue weighted by Gasteiger charge is 2.22. The van der Waals surface area contributed by atoms with Gasteiger partial charge < -0.3 is 10.3 Å². The molecule has 0 saturated carbocycles. The number of rotatable bonds is 6. The van der Waals surface area contributed by atoms with Crippen LogP contribution in [0.25, 0.3) is 0 Å². The molecular weight excluding hydrogens is 314 g/mol. The molecule has 1 saturated heterocycles. The largest absolute Gasteiger partial charge is 0.359 e. The van der Waals surface area contributed by atoms with E-state index in [1.165, 1.54) is 11.3 Å². The second-order valence-electron chi connectivity index (χ2n) is 6.80. The average molecular weight is 341 g/mol. The molecule has 25 heavy (non-hydrogen) atoms. The molecule has 0 bridgehead atoms. The summed E-state index contributed by atoms with van der Waals surface area (Å²) < 4.78 is 0. The molecule has 0 aliphatic carbocycles. The molecule has 3 heterocycles. The molecule has 0 aromatic carbocycles. The van der Waals surface area contributed by atoms with Crippen molar-refractivity contribution in [1.82, 2.24) is 25.2 Å². The summed E-state index contributed by atoms with van der Waals surface area (Å²) in [6.45, 7) is 5.06. The van der Waals surface area contributed by atoms with Gasteiger partial charge in [0.1, 0.15) is 5.82 Å². The van der Waals surface area contributed by atoms with Crippen molar-refractivity contribution < 1.29 is 4.79 Å². The van der Waals surface area contributed by atoms with Crippen LogP contribution in [-0.4, -0.2) is 45.9 Å². The summed E-state index contributed by atoms with van der Waals surface area (Å²) in [6.07, 6.45) is 7.21. The van der Waals surface area contributed by atoms with E-state index in [2.05, 4.69) is 32.3 Å². The Kier molecular flexibility index (Phi) is 5.81. The zero-order chi connectivity index (χ0) is 17.6. The Bertz CT molecular complexity index is 690. The van der Waals surface area contributed by atoms with Crippen LogP contribution >= 0.6 is 0 Å². The van der Waals surface area contributed by atoms with E-state index < -0.39 is 0 Å². The molecule has 1 aliphatic heterocycles. The fourth-order valence-corrected chi connectivity index (χ4v) is 3.49.